The van der Waals surface area contributed by atoms with Crippen LogP contribution >= 0.6 is 0 Å². The smallest absolute Gasteiger partial charge is 0.408 e. The summed E-state index contributed by atoms with van der Waals surface area (Å²) in [6.45, 7) is 5.14. The van der Waals surface area contributed by atoms with E-state index in [2.05, 4.69) is 11.2 Å². The maximum absolute atomic E-state index is 11.5. The fraction of sp³-hybridized carbons (Fsp3) is 0.667. The lowest BCUT2D eigenvalue weighted by atomic mass is 9.68. The van der Waals surface area contributed by atoms with Gasteiger partial charge in [-0.1, -0.05) is 0 Å². The first kappa shape index (κ1) is 13.4. The van der Waals surface area contributed by atoms with Gasteiger partial charge < -0.3 is 15.2 Å². The molecule has 5 heteroatoms. The van der Waals surface area contributed by atoms with E-state index in [0.29, 0.717) is 0 Å². The number of hydrogen-bond donors (Lipinski definition) is 2. The number of rotatable bonds is 2. The molecule has 0 bridgehead atoms. The van der Waals surface area contributed by atoms with Crippen molar-refractivity contribution >= 4 is 12.1 Å². The molecule has 94 valence electrons. The highest BCUT2D eigenvalue weighted by Crippen LogP contribution is 2.37. The van der Waals surface area contributed by atoms with Gasteiger partial charge in [0.15, 0.2) is 0 Å². The number of hydrogen-bond acceptors (Lipinski definition) is 3. The summed E-state index contributed by atoms with van der Waals surface area (Å²) < 4.78 is 5.02. The first-order valence-electron chi connectivity index (χ1n) is 5.39. The summed E-state index contributed by atoms with van der Waals surface area (Å²) in [5, 5.41) is 11.5. The van der Waals surface area contributed by atoms with Crippen molar-refractivity contribution in [1.29, 1.82) is 0 Å². The van der Waals surface area contributed by atoms with Gasteiger partial charge in [-0.25, -0.2) is 9.59 Å². The highest BCUT2D eigenvalue weighted by molar-refractivity contribution is 5.85. The number of carboxylic acids is 1. The fourth-order valence-corrected chi connectivity index (χ4v) is 1.73. The molecule has 5 nitrogen and oxygen atoms in total. The van der Waals surface area contributed by atoms with Crippen LogP contribution in [-0.4, -0.2) is 28.3 Å². The zero-order valence-electron chi connectivity index (χ0n) is 10.2. The van der Waals surface area contributed by atoms with E-state index in [1.54, 1.807) is 20.8 Å². The van der Waals surface area contributed by atoms with Crippen molar-refractivity contribution in [2.24, 2.45) is 5.92 Å². The van der Waals surface area contributed by atoms with Crippen molar-refractivity contribution in [2.45, 2.75) is 44.8 Å². The van der Waals surface area contributed by atoms with E-state index in [-0.39, 0.29) is 18.8 Å². The molecule has 1 aliphatic rings. The third-order valence-corrected chi connectivity index (χ3v) is 2.58. The number of amides is 1. The molecule has 2 N–H and O–H groups in total. The fourth-order valence-electron chi connectivity index (χ4n) is 1.73. The number of ether oxygens (including phenoxy) is 1. The van der Waals surface area contributed by atoms with Gasteiger partial charge in [0.05, 0.1) is 0 Å². The minimum Gasteiger partial charge on any atom is -0.480 e. The first-order chi connectivity index (χ1) is 7.68. The van der Waals surface area contributed by atoms with Gasteiger partial charge in [-0.3, -0.25) is 0 Å². The van der Waals surface area contributed by atoms with Crippen LogP contribution in [0.1, 0.15) is 33.6 Å². The lowest BCUT2D eigenvalue weighted by Crippen LogP contribution is -2.62. The minimum absolute atomic E-state index is 0.0963. The molecule has 1 amide bonds. The Morgan fingerprint density at radius 1 is 1.47 bits per heavy atom. The van der Waals surface area contributed by atoms with Crippen molar-refractivity contribution in [1.82, 2.24) is 5.32 Å². The van der Waals surface area contributed by atoms with Gasteiger partial charge in [0.1, 0.15) is 11.1 Å². The molecule has 1 aliphatic carbocycles. The van der Waals surface area contributed by atoms with E-state index in [1.807, 2.05) is 0 Å². The van der Waals surface area contributed by atoms with Gasteiger partial charge in [0, 0.05) is 5.92 Å². The molecule has 1 fully saturated rings. The molecule has 0 aromatic rings. The van der Waals surface area contributed by atoms with Crippen LogP contribution in [0.3, 0.4) is 0 Å². The number of terminal acetylenes is 1. The van der Waals surface area contributed by atoms with Crippen molar-refractivity contribution in [3.05, 3.63) is 0 Å². The Kier molecular flexibility index (Phi) is 3.37. The molecule has 0 aromatic carbocycles. The second-order valence-corrected chi connectivity index (χ2v) is 5.29. The van der Waals surface area contributed by atoms with Crippen molar-refractivity contribution in [3.63, 3.8) is 0 Å². The number of alkyl carbamates (subject to hydrolysis) is 1. The van der Waals surface area contributed by atoms with E-state index < -0.39 is 23.2 Å². The number of aliphatic carboxylic acids is 1. The van der Waals surface area contributed by atoms with E-state index in [4.69, 9.17) is 16.3 Å². The third kappa shape index (κ3) is 3.13. The molecule has 0 atom stereocenters. The molecular formula is C12H17NO4. The van der Waals surface area contributed by atoms with Gasteiger partial charge in [0.25, 0.3) is 0 Å². The predicted octanol–water partition coefficient (Wildman–Crippen LogP) is 1.38. The van der Waals surface area contributed by atoms with Crippen LogP contribution in [0.5, 0.6) is 0 Å². The summed E-state index contributed by atoms with van der Waals surface area (Å²) in [7, 11) is 0. The van der Waals surface area contributed by atoms with Gasteiger partial charge in [0.2, 0.25) is 0 Å². The average molecular weight is 239 g/mol. The van der Waals surface area contributed by atoms with Crippen LogP contribution in [0.15, 0.2) is 0 Å². The van der Waals surface area contributed by atoms with Crippen LogP contribution < -0.4 is 5.32 Å². The number of carbonyl (C=O) groups excluding carboxylic acids is 1. The molecule has 0 aromatic heterocycles. The third-order valence-electron chi connectivity index (χ3n) is 2.58. The zero-order chi connectivity index (χ0) is 13.3. The number of carbonyl (C=O) groups is 2. The highest BCUT2D eigenvalue weighted by Gasteiger charge is 2.51. The Labute approximate surface area is 101 Å². The van der Waals surface area contributed by atoms with Crippen LogP contribution in [-0.2, 0) is 9.53 Å². The van der Waals surface area contributed by atoms with Gasteiger partial charge in [-0.05, 0) is 33.6 Å². The lowest BCUT2D eigenvalue weighted by Gasteiger charge is -2.42. The Morgan fingerprint density at radius 3 is 2.35 bits per heavy atom. The van der Waals surface area contributed by atoms with Crippen LogP contribution in [0.25, 0.3) is 0 Å². The molecule has 17 heavy (non-hydrogen) atoms. The summed E-state index contributed by atoms with van der Waals surface area (Å²) >= 11 is 0. The molecule has 0 saturated heterocycles. The molecule has 0 heterocycles. The minimum atomic E-state index is -1.26. The van der Waals surface area contributed by atoms with Gasteiger partial charge in [-0.15, -0.1) is 12.3 Å². The quantitative estimate of drug-likeness (QED) is 0.714. The molecule has 1 rings (SSSR count). The summed E-state index contributed by atoms with van der Waals surface area (Å²) in [5.74, 6) is 1.31. The second-order valence-electron chi connectivity index (χ2n) is 5.29. The second kappa shape index (κ2) is 4.28. The van der Waals surface area contributed by atoms with E-state index in [1.165, 1.54) is 0 Å². The van der Waals surface area contributed by atoms with E-state index >= 15 is 0 Å². The van der Waals surface area contributed by atoms with Gasteiger partial charge >= 0.3 is 12.1 Å². The summed E-state index contributed by atoms with van der Waals surface area (Å²) in [4.78, 5) is 22.6. The largest absolute Gasteiger partial charge is 0.480 e. The average Bonchev–Trinajstić information content (AvgIpc) is 2.06. The van der Waals surface area contributed by atoms with Crippen LogP contribution in [0, 0.1) is 18.3 Å². The lowest BCUT2D eigenvalue weighted by molar-refractivity contribution is -0.150. The Balaban J connectivity index is 2.62. The summed E-state index contributed by atoms with van der Waals surface area (Å²) in [6, 6.07) is 0. The molecule has 0 spiro atoms. The SMILES string of the molecule is C#CC1CC(NC(=O)OC(C)(C)C)(C(=O)O)C1. The maximum atomic E-state index is 11.5. The zero-order valence-corrected chi connectivity index (χ0v) is 10.2. The van der Waals surface area contributed by atoms with Crippen LogP contribution in [0.2, 0.25) is 0 Å². The Bertz CT molecular complexity index is 369. The Morgan fingerprint density at radius 2 is 2.00 bits per heavy atom. The maximum Gasteiger partial charge on any atom is 0.408 e. The summed E-state index contributed by atoms with van der Waals surface area (Å²) in [6.07, 6.45) is 4.97. The molecule has 0 radical (unpaired) electrons. The van der Waals surface area contributed by atoms with Crippen molar-refractivity contribution in [2.75, 3.05) is 0 Å². The van der Waals surface area contributed by atoms with E-state index in [9.17, 15) is 9.59 Å². The van der Waals surface area contributed by atoms with Crippen molar-refractivity contribution < 1.29 is 19.4 Å². The summed E-state index contributed by atoms with van der Waals surface area (Å²) in [5.41, 5.74) is -1.92. The highest BCUT2D eigenvalue weighted by atomic mass is 16.6. The normalized spacial score (nSPS) is 27.5. The predicted molar refractivity (Wildman–Crippen MR) is 61.3 cm³/mol. The Hall–Kier alpha value is -1.70. The molecule has 0 unspecified atom stereocenters. The number of carboxylic acid groups (broad SMARTS) is 1. The first-order valence-corrected chi connectivity index (χ1v) is 5.39. The number of nitrogens with one attached hydrogen (secondary N) is 1. The van der Waals surface area contributed by atoms with Gasteiger partial charge in [-0.2, -0.15) is 0 Å². The van der Waals surface area contributed by atoms with E-state index in [0.717, 1.165) is 0 Å². The molecule has 0 aliphatic heterocycles. The molecular weight excluding hydrogens is 222 g/mol. The topological polar surface area (TPSA) is 75.6 Å². The monoisotopic (exact) mass is 239 g/mol. The van der Waals surface area contributed by atoms with Crippen molar-refractivity contribution in [3.8, 4) is 12.3 Å². The standard InChI is InChI=1S/C12H17NO4/c1-5-8-6-12(7-8,9(14)15)13-10(16)17-11(2,3)4/h1,8H,6-7H2,2-4H3,(H,13,16)(H,14,15). The van der Waals surface area contributed by atoms with Crippen LogP contribution in [0.4, 0.5) is 4.79 Å². The molecule has 1 saturated carbocycles.